The molecular formula is C24H19ClFNO4. The maximum atomic E-state index is 13.7. The van der Waals surface area contributed by atoms with Crippen molar-refractivity contribution in [2.45, 2.75) is 6.61 Å². The average Bonchev–Trinajstić information content (AvgIpc) is 2.78. The van der Waals surface area contributed by atoms with Crippen molar-refractivity contribution in [2.24, 2.45) is 0 Å². The van der Waals surface area contributed by atoms with Gasteiger partial charge >= 0.3 is 5.97 Å². The van der Waals surface area contributed by atoms with Crippen LogP contribution >= 0.6 is 11.6 Å². The van der Waals surface area contributed by atoms with Gasteiger partial charge in [-0.25, -0.2) is 9.18 Å². The monoisotopic (exact) mass is 439 g/mol. The zero-order valence-corrected chi connectivity index (χ0v) is 17.1. The lowest BCUT2D eigenvalue weighted by Gasteiger charge is -2.07. The SMILES string of the molecule is O=C(COC(=O)/C=C/c1ccc(OCc2ccccc2)cc1)Nc1ccc(Cl)cc1F. The predicted octanol–water partition coefficient (Wildman–Crippen LogP) is 5.25. The lowest BCUT2D eigenvalue weighted by Crippen LogP contribution is -2.20. The van der Waals surface area contributed by atoms with Crippen LogP contribution in [0.4, 0.5) is 10.1 Å². The summed E-state index contributed by atoms with van der Waals surface area (Å²) >= 11 is 5.65. The Balaban J connectivity index is 1.43. The maximum absolute atomic E-state index is 13.7. The summed E-state index contributed by atoms with van der Waals surface area (Å²) in [6, 6.07) is 20.8. The number of esters is 1. The van der Waals surface area contributed by atoms with Crippen LogP contribution in [-0.2, 0) is 20.9 Å². The molecule has 1 amide bonds. The van der Waals surface area contributed by atoms with Gasteiger partial charge in [-0.1, -0.05) is 54.1 Å². The third kappa shape index (κ3) is 7.28. The molecule has 158 valence electrons. The van der Waals surface area contributed by atoms with Crippen molar-refractivity contribution in [2.75, 3.05) is 11.9 Å². The number of ether oxygens (including phenoxy) is 2. The van der Waals surface area contributed by atoms with Crippen molar-refractivity contribution in [1.82, 2.24) is 0 Å². The van der Waals surface area contributed by atoms with E-state index in [1.165, 1.54) is 18.2 Å². The summed E-state index contributed by atoms with van der Waals surface area (Å²) in [6.07, 6.45) is 2.76. The van der Waals surface area contributed by atoms with E-state index in [-0.39, 0.29) is 10.7 Å². The molecular weight excluding hydrogens is 421 g/mol. The first-order valence-electron chi connectivity index (χ1n) is 9.36. The molecule has 0 atom stereocenters. The Morgan fingerprint density at radius 3 is 2.45 bits per heavy atom. The Bertz CT molecular complexity index is 1070. The molecule has 0 aromatic heterocycles. The van der Waals surface area contributed by atoms with Gasteiger partial charge in [0.1, 0.15) is 18.2 Å². The Morgan fingerprint density at radius 1 is 1.00 bits per heavy atom. The molecule has 1 N–H and O–H groups in total. The van der Waals surface area contributed by atoms with Crippen LogP contribution in [-0.4, -0.2) is 18.5 Å². The van der Waals surface area contributed by atoms with Crippen LogP contribution < -0.4 is 10.1 Å². The number of hydrogen-bond donors (Lipinski definition) is 1. The molecule has 0 aliphatic heterocycles. The van der Waals surface area contributed by atoms with Gasteiger partial charge in [0.15, 0.2) is 6.61 Å². The fraction of sp³-hybridized carbons (Fsp3) is 0.0833. The van der Waals surface area contributed by atoms with Gasteiger partial charge in [0, 0.05) is 11.1 Å². The molecule has 3 rings (SSSR count). The quantitative estimate of drug-likeness (QED) is 0.384. The van der Waals surface area contributed by atoms with Crippen LogP contribution in [0.1, 0.15) is 11.1 Å². The fourth-order valence-corrected chi connectivity index (χ4v) is 2.70. The molecule has 5 nitrogen and oxygen atoms in total. The van der Waals surface area contributed by atoms with Gasteiger partial charge < -0.3 is 14.8 Å². The number of carbonyl (C=O) groups excluding carboxylic acids is 2. The molecule has 0 unspecified atom stereocenters. The van der Waals surface area contributed by atoms with Gasteiger partial charge in [-0.05, 0) is 47.5 Å². The van der Waals surface area contributed by atoms with E-state index in [1.54, 1.807) is 30.3 Å². The molecule has 31 heavy (non-hydrogen) atoms. The summed E-state index contributed by atoms with van der Waals surface area (Å²) in [4.78, 5) is 23.6. The molecule has 3 aromatic rings. The third-order valence-electron chi connectivity index (χ3n) is 4.09. The second-order valence-electron chi connectivity index (χ2n) is 6.46. The van der Waals surface area contributed by atoms with E-state index >= 15 is 0 Å². The van der Waals surface area contributed by atoms with E-state index in [2.05, 4.69) is 5.32 Å². The van der Waals surface area contributed by atoms with Crippen LogP contribution in [0, 0.1) is 5.82 Å². The largest absolute Gasteiger partial charge is 0.489 e. The van der Waals surface area contributed by atoms with E-state index in [4.69, 9.17) is 21.1 Å². The maximum Gasteiger partial charge on any atom is 0.331 e. The summed E-state index contributed by atoms with van der Waals surface area (Å²) < 4.78 is 24.2. The number of amides is 1. The molecule has 0 heterocycles. The second-order valence-corrected chi connectivity index (χ2v) is 6.89. The van der Waals surface area contributed by atoms with Crippen molar-refractivity contribution in [1.29, 1.82) is 0 Å². The lowest BCUT2D eigenvalue weighted by molar-refractivity contribution is -0.142. The minimum Gasteiger partial charge on any atom is -0.489 e. The zero-order valence-electron chi connectivity index (χ0n) is 16.4. The van der Waals surface area contributed by atoms with Crippen molar-refractivity contribution >= 4 is 35.2 Å². The second kappa shape index (κ2) is 10.9. The Kier molecular flexibility index (Phi) is 7.79. The number of rotatable bonds is 8. The minimum absolute atomic E-state index is 0.0458. The van der Waals surface area contributed by atoms with Gasteiger partial charge in [0.05, 0.1) is 5.69 Å². The first-order valence-corrected chi connectivity index (χ1v) is 9.74. The highest BCUT2D eigenvalue weighted by Gasteiger charge is 2.09. The molecule has 0 fully saturated rings. The summed E-state index contributed by atoms with van der Waals surface area (Å²) in [5.74, 6) is -1.34. The normalized spacial score (nSPS) is 10.6. The van der Waals surface area contributed by atoms with E-state index in [0.717, 1.165) is 17.2 Å². The molecule has 0 radical (unpaired) electrons. The van der Waals surface area contributed by atoms with E-state index in [0.29, 0.717) is 12.4 Å². The highest BCUT2D eigenvalue weighted by Crippen LogP contribution is 2.19. The number of nitrogens with one attached hydrogen (secondary N) is 1. The van der Waals surface area contributed by atoms with Crippen LogP contribution in [0.25, 0.3) is 6.08 Å². The minimum atomic E-state index is -0.698. The summed E-state index contributed by atoms with van der Waals surface area (Å²) in [5, 5.41) is 2.52. The lowest BCUT2D eigenvalue weighted by atomic mass is 10.2. The van der Waals surface area contributed by atoms with Crippen molar-refractivity contribution in [3.05, 3.63) is 101 Å². The highest BCUT2D eigenvalue weighted by molar-refractivity contribution is 6.30. The third-order valence-corrected chi connectivity index (χ3v) is 4.33. The van der Waals surface area contributed by atoms with Gasteiger partial charge in [-0.15, -0.1) is 0 Å². The Hall–Kier alpha value is -3.64. The van der Waals surface area contributed by atoms with Crippen molar-refractivity contribution < 1.29 is 23.5 Å². The van der Waals surface area contributed by atoms with Crippen molar-refractivity contribution in [3.8, 4) is 5.75 Å². The number of anilines is 1. The summed E-state index contributed by atoms with van der Waals surface area (Å²) in [6.45, 7) is -0.0815. The zero-order chi connectivity index (χ0) is 22.1. The number of hydrogen-bond acceptors (Lipinski definition) is 4. The van der Waals surface area contributed by atoms with Crippen LogP contribution in [0.15, 0.2) is 78.9 Å². The molecule has 0 aliphatic rings. The van der Waals surface area contributed by atoms with Gasteiger partial charge in [0.2, 0.25) is 0 Å². The number of halogens is 2. The highest BCUT2D eigenvalue weighted by atomic mass is 35.5. The first-order chi connectivity index (χ1) is 15.0. The topological polar surface area (TPSA) is 64.6 Å². The molecule has 0 aliphatic carbocycles. The van der Waals surface area contributed by atoms with Crippen LogP contribution in [0.5, 0.6) is 5.75 Å². The van der Waals surface area contributed by atoms with Crippen molar-refractivity contribution in [3.63, 3.8) is 0 Å². The molecule has 3 aromatic carbocycles. The first kappa shape index (κ1) is 22.1. The Labute approximate surface area is 184 Å². The van der Waals surface area contributed by atoms with Gasteiger partial charge in [-0.2, -0.15) is 0 Å². The fourth-order valence-electron chi connectivity index (χ4n) is 2.54. The average molecular weight is 440 g/mol. The van der Waals surface area contributed by atoms with E-state index in [1.807, 2.05) is 30.3 Å². The van der Waals surface area contributed by atoms with Gasteiger partial charge in [-0.3, -0.25) is 4.79 Å². The molecule has 0 saturated heterocycles. The Morgan fingerprint density at radius 2 is 1.74 bits per heavy atom. The molecule has 7 heteroatoms. The van der Waals surface area contributed by atoms with Gasteiger partial charge in [0.25, 0.3) is 5.91 Å². The molecule has 0 saturated carbocycles. The number of benzene rings is 3. The molecule has 0 spiro atoms. The summed E-state index contributed by atoms with van der Waals surface area (Å²) in [7, 11) is 0. The smallest absolute Gasteiger partial charge is 0.331 e. The van der Waals surface area contributed by atoms with E-state index in [9.17, 15) is 14.0 Å². The van der Waals surface area contributed by atoms with E-state index < -0.39 is 24.3 Å². The van der Waals surface area contributed by atoms with Crippen LogP contribution in [0.2, 0.25) is 5.02 Å². The summed E-state index contributed by atoms with van der Waals surface area (Å²) in [5.41, 5.74) is 1.78. The number of carbonyl (C=O) groups is 2. The molecule has 0 bridgehead atoms. The van der Waals surface area contributed by atoms with Crippen LogP contribution in [0.3, 0.4) is 0 Å². The predicted molar refractivity (Wildman–Crippen MR) is 117 cm³/mol. The standard InChI is InChI=1S/C24H19ClFNO4/c25-19-9-12-22(21(26)14-19)27-23(28)16-31-24(29)13-8-17-6-10-20(11-7-17)30-15-18-4-2-1-3-5-18/h1-14H,15-16H2,(H,27,28)/b13-8+.